The van der Waals surface area contributed by atoms with Gasteiger partial charge in [0.25, 0.3) is 0 Å². The first-order valence-electron chi connectivity index (χ1n) is 8.03. The average Bonchev–Trinajstić information content (AvgIpc) is 2.67. The van der Waals surface area contributed by atoms with Crippen molar-refractivity contribution in [1.29, 1.82) is 0 Å². The molecule has 5 aromatic rings. The van der Waals surface area contributed by atoms with Gasteiger partial charge in [-0.15, -0.1) is 0 Å². The molecular formula is C22H14N2. The van der Waals surface area contributed by atoms with Crippen molar-refractivity contribution in [1.82, 2.24) is 9.97 Å². The summed E-state index contributed by atoms with van der Waals surface area (Å²) in [4.78, 5) is 9.25. The maximum Gasteiger partial charge on any atom is 0.0893 e. The number of hydrogen-bond acceptors (Lipinski definition) is 2. The van der Waals surface area contributed by atoms with Crippen LogP contribution in [0.4, 0.5) is 0 Å². The van der Waals surface area contributed by atoms with E-state index in [4.69, 9.17) is 4.98 Å². The number of pyridine rings is 2. The summed E-state index contributed by atoms with van der Waals surface area (Å²) >= 11 is 0. The van der Waals surface area contributed by atoms with E-state index in [2.05, 4.69) is 65.6 Å². The second-order valence-electron chi connectivity index (χ2n) is 5.93. The van der Waals surface area contributed by atoms with Gasteiger partial charge in [0.15, 0.2) is 0 Å². The number of nitrogens with zero attached hydrogens (tertiary/aromatic N) is 2. The quantitative estimate of drug-likeness (QED) is 0.376. The van der Waals surface area contributed by atoms with Crippen molar-refractivity contribution in [3.8, 4) is 11.4 Å². The van der Waals surface area contributed by atoms with Crippen LogP contribution < -0.4 is 0 Å². The van der Waals surface area contributed by atoms with E-state index in [-0.39, 0.29) is 0 Å². The molecule has 24 heavy (non-hydrogen) atoms. The normalized spacial score (nSPS) is 11.3. The molecule has 0 radical (unpaired) electrons. The van der Waals surface area contributed by atoms with E-state index < -0.39 is 0 Å². The molecule has 0 aliphatic rings. The monoisotopic (exact) mass is 306 g/mol. The summed E-state index contributed by atoms with van der Waals surface area (Å²) in [6, 6.07) is 27.3. The zero-order valence-electron chi connectivity index (χ0n) is 13.0. The Morgan fingerprint density at radius 3 is 2.29 bits per heavy atom. The predicted octanol–water partition coefficient (Wildman–Crippen LogP) is 5.60. The van der Waals surface area contributed by atoms with Crippen molar-refractivity contribution < 1.29 is 0 Å². The number of aromatic nitrogens is 2. The first-order valence-corrected chi connectivity index (χ1v) is 8.03. The lowest BCUT2D eigenvalue weighted by Crippen LogP contribution is -1.89. The van der Waals surface area contributed by atoms with E-state index in [1.54, 1.807) is 6.20 Å². The van der Waals surface area contributed by atoms with Crippen molar-refractivity contribution in [3.05, 3.63) is 85.1 Å². The van der Waals surface area contributed by atoms with Gasteiger partial charge < -0.3 is 0 Å². The molecule has 2 heteroatoms. The van der Waals surface area contributed by atoms with Crippen LogP contribution >= 0.6 is 0 Å². The highest BCUT2D eigenvalue weighted by molar-refractivity contribution is 6.19. The van der Waals surface area contributed by atoms with Crippen LogP contribution in [0.15, 0.2) is 85.1 Å². The van der Waals surface area contributed by atoms with Crippen LogP contribution in [0.2, 0.25) is 0 Å². The lowest BCUT2D eigenvalue weighted by molar-refractivity contribution is 1.28. The van der Waals surface area contributed by atoms with E-state index >= 15 is 0 Å². The zero-order chi connectivity index (χ0) is 15.9. The minimum atomic E-state index is 0.900. The summed E-state index contributed by atoms with van der Waals surface area (Å²) in [6.45, 7) is 0. The number of benzene rings is 3. The molecule has 0 amide bonds. The minimum absolute atomic E-state index is 0.900. The van der Waals surface area contributed by atoms with E-state index in [1.807, 2.05) is 18.2 Å². The van der Waals surface area contributed by atoms with Gasteiger partial charge in [0.2, 0.25) is 0 Å². The van der Waals surface area contributed by atoms with Gasteiger partial charge in [-0.3, -0.25) is 4.98 Å². The molecule has 112 valence electrons. The summed E-state index contributed by atoms with van der Waals surface area (Å²) < 4.78 is 0. The van der Waals surface area contributed by atoms with Crippen LogP contribution in [-0.4, -0.2) is 9.97 Å². The largest absolute Gasteiger partial charge is 0.255 e. The molecule has 0 spiro atoms. The number of fused-ring (bicyclic) bond motifs is 5. The second-order valence-corrected chi connectivity index (χ2v) is 5.93. The summed E-state index contributed by atoms with van der Waals surface area (Å²) in [6.07, 6.45) is 1.80. The molecule has 0 aliphatic heterocycles. The Bertz CT molecular complexity index is 1190. The molecule has 0 bridgehead atoms. The smallest absolute Gasteiger partial charge is 0.0893 e. The molecule has 0 atom stereocenters. The third kappa shape index (κ3) is 1.97. The van der Waals surface area contributed by atoms with E-state index in [0.717, 1.165) is 16.9 Å². The number of rotatable bonds is 1. The molecule has 5 rings (SSSR count). The Hall–Kier alpha value is -3.26. The lowest BCUT2D eigenvalue weighted by Gasteiger charge is -2.09. The van der Waals surface area contributed by atoms with Gasteiger partial charge in [-0.05, 0) is 51.9 Å². The van der Waals surface area contributed by atoms with Crippen LogP contribution in [0.25, 0.3) is 43.8 Å². The average molecular weight is 306 g/mol. The number of hydrogen-bond donors (Lipinski definition) is 0. The van der Waals surface area contributed by atoms with Crippen molar-refractivity contribution in [2.75, 3.05) is 0 Å². The minimum Gasteiger partial charge on any atom is -0.255 e. The highest BCUT2D eigenvalue weighted by Crippen LogP contribution is 2.32. The zero-order valence-corrected chi connectivity index (χ0v) is 13.0. The molecule has 2 heterocycles. The molecule has 2 nitrogen and oxygen atoms in total. The third-order valence-corrected chi connectivity index (χ3v) is 4.50. The molecular weight excluding hydrogens is 292 g/mol. The maximum absolute atomic E-state index is 4.84. The Labute approximate surface area is 139 Å². The molecule has 0 N–H and O–H groups in total. The SMILES string of the molecule is c1ccc(-c2ccc3c(ccc4ccc5ccccc5c43)n2)nc1. The summed E-state index contributed by atoms with van der Waals surface area (Å²) in [5.41, 5.74) is 2.81. The van der Waals surface area contributed by atoms with Gasteiger partial charge in [0, 0.05) is 11.6 Å². The van der Waals surface area contributed by atoms with Gasteiger partial charge >= 0.3 is 0 Å². The van der Waals surface area contributed by atoms with Gasteiger partial charge in [0.1, 0.15) is 0 Å². The third-order valence-electron chi connectivity index (χ3n) is 4.50. The van der Waals surface area contributed by atoms with E-state index in [0.29, 0.717) is 0 Å². The van der Waals surface area contributed by atoms with Gasteiger partial charge in [0.05, 0.1) is 16.9 Å². The fraction of sp³-hybridized carbons (Fsp3) is 0. The first kappa shape index (κ1) is 13.2. The Morgan fingerprint density at radius 2 is 1.38 bits per heavy atom. The van der Waals surface area contributed by atoms with Crippen LogP contribution in [0.1, 0.15) is 0 Å². The topological polar surface area (TPSA) is 25.8 Å². The molecule has 0 fully saturated rings. The Balaban J connectivity index is 1.87. The summed E-state index contributed by atoms with van der Waals surface area (Å²) in [5, 5.41) is 6.22. The Morgan fingerprint density at radius 1 is 0.542 bits per heavy atom. The van der Waals surface area contributed by atoms with Crippen molar-refractivity contribution in [3.63, 3.8) is 0 Å². The second kappa shape index (κ2) is 5.14. The molecule has 3 aromatic carbocycles. The van der Waals surface area contributed by atoms with Crippen LogP contribution in [0, 0.1) is 0 Å². The fourth-order valence-corrected chi connectivity index (χ4v) is 3.37. The van der Waals surface area contributed by atoms with Crippen LogP contribution in [0.3, 0.4) is 0 Å². The Kier molecular flexibility index (Phi) is 2.83. The summed E-state index contributed by atoms with van der Waals surface area (Å²) in [5.74, 6) is 0. The first-order chi connectivity index (χ1) is 11.9. The van der Waals surface area contributed by atoms with Crippen molar-refractivity contribution in [2.24, 2.45) is 0 Å². The van der Waals surface area contributed by atoms with Gasteiger partial charge in [-0.2, -0.15) is 0 Å². The van der Waals surface area contributed by atoms with Crippen molar-refractivity contribution >= 4 is 32.4 Å². The molecule has 0 saturated carbocycles. The summed E-state index contributed by atoms with van der Waals surface area (Å²) in [7, 11) is 0. The molecule has 2 aromatic heterocycles. The lowest BCUT2D eigenvalue weighted by atomic mass is 9.98. The molecule has 0 unspecified atom stereocenters. The maximum atomic E-state index is 4.84. The highest BCUT2D eigenvalue weighted by atomic mass is 14.8. The predicted molar refractivity (Wildman–Crippen MR) is 100.0 cm³/mol. The van der Waals surface area contributed by atoms with E-state index in [9.17, 15) is 0 Å². The van der Waals surface area contributed by atoms with E-state index in [1.165, 1.54) is 26.9 Å². The van der Waals surface area contributed by atoms with Crippen LogP contribution in [0.5, 0.6) is 0 Å². The fourth-order valence-electron chi connectivity index (χ4n) is 3.37. The highest BCUT2D eigenvalue weighted by Gasteiger charge is 2.08. The molecule has 0 saturated heterocycles. The standard InChI is InChI=1S/C22H14N2/c1-2-6-17-15(5-1)8-9-16-10-12-19-18(22(16)17)11-13-21(24-19)20-7-3-4-14-23-20/h1-14H. The van der Waals surface area contributed by atoms with Crippen LogP contribution in [-0.2, 0) is 0 Å². The molecule has 0 aliphatic carbocycles. The van der Waals surface area contributed by atoms with Gasteiger partial charge in [-0.1, -0.05) is 48.5 Å². The van der Waals surface area contributed by atoms with Gasteiger partial charge in [-0.25, -0.2) is 4.98 Å². The van der Waals surface area contributed by atoms with Crippen molar-refractivity contribution in [2.45, 2.75) is 0 Å².